The summed E-state index contributed by atoms with van der Waals surface area (Å²) >= 11 is 6.40. The predicted molar refractivity (Wildman–Crippen MR) is 164 cm³/mol. The summed E-state index contributed by atoms with van der Waals surface area (Å²) in [5.41, 5.74) is 3.39. The van der Waals surface area contributed by atoms with E-state index in [4.69, 9.17) is 16.3 Å². The summed E-state index contributed by atoms with van der Waals surface area (Å²) in [6, 6.07) is 11.5. The van der Waals surface area contributed by atoms with Gasteiger partial charge in [-0.1, -0.05) is 30.5 Å². The van der Waals surface area contributed by atoms with E-state index in [0.717, 1.165) is 68.6 Å². The molecule has 0 unspecified atom stereocenters. The van der Waals surface area contributed by atoms with E-state index in [-0.39, 0.29) is 23.1 Å². The monoisotopic (exact) mass is 613 g/mol. The fraction of sp³-hybridized carbons (Fsp3) is 0.562. The van der Waals surface area contributed by atoms with Crippen LogP contribution in [0.4, 0.5) is 5.69 Å². The number of aryl methyl sites for hydroxylation is 1. The number of nitrogens with one attached hydrogen (secondary N) is 2. The third-order valence-electron chi connectivity index (χ3n) is 9.81. The molecule has 2 amide bonds. The summed E-state index contributed by atoms with van der Waals surface area (Å²) in [6.07, 6.45) is 7.92. The summed E-state index contributed by atoms with van der Waals surface area (Å²) in [7, 11) is -3.77. The van der Waals surface area contributed by atoms with Crippen molar-refractivity contribution in [1.82, 2.24) is 10.0 Å². The van der Waals surface area contributed by atoms with Crippen molar-refractivity contribution >= 4 is 39.1 Å². The third-order valence-corrected chi connectivity index (χ3v) is 11.4. The van der Waals surface area contributed by atoms with Crippen LogP contribution in [-0.4, -0.2) is 51.7 Å². The smallest absolute Gasteiger partial charge is 0.264 e. The topological polar surface area (TPSA) is 105 Å². The highest BCUT2D eigenvalue weighted by molar-refractivity contribution is 7.90. The lowest BCUT2D eigenvalue weighted by Crippen LogP contribution is -2.52. The number of halogens is 1. The van der Waals surface area contributed by atoms with Gasteiger partial charge in [0.25, 0.3) is 5.91 Å². The van der Waals surface area contributed by atoms with Crippen molar-refractivity contribution in [3.05, 3.63) is 58.1 Å². The molecule has 0 saturated heterocycles. The average Bonchev–Trinajstić information content (AvgIpc) is 3.06. The second kappa shape index (κ2) is 11.7. The Labute approximate surface area is 253 Å². The number of benzene rings is 2. The molecule has 2 aromatic carbocycles. The minimum absolute atomic E-state index is 0.0278. The van der Waals surface area contributed by atoms with Crippen molar-refractivity contribution < 1.29 is 22.7 Å². The first-order valence-electron chi connectivity index (χ1n) is 15.3. The number of anilines is 1. The predicted octanol–water partition coefficient (Wildman–Crippen LogP) is 4.98. The number of fused-ring (bicyclic) bond motifs is 4. The summed E-state index contributed by atoms with van der Waals surface area (Å²) in [5.74, 6) is 0.667. The number of carbonyl (C=O) groups is 2. The lowest BCUT2D eigenvalue weighted by Gasteiger charge is -2.47. The number of nitrogens with zero attached hydrogens (tertiary/aromatic N) is 1. The fourth-order valence-corrected chi connectivity index (χ4v) is 8.91. The number of hydrogen-bond donors (Lipinski definition) is 2. The second-order valence-electron chi connectivity index (χ2n) is 12.7. The third kappa shape index (κ3) is 6.00. The van der Waals surface area contributed by atoms with Gasteiger partial charge < -0.3 is 15.0 Å². The van der Waals surface area contributed by atoms with Gasteiger partial charge in [-0.05, 0) is 98.2 Å². The van der Waals surface area contributed by atoms with Crippen molar-refractivity contribution in [2.75, 3.05) is 30.3 Å². The van der Waals surface area contributed by atoms with E-state index in [1.807, 2.05) is 6.07 Å². The summed E-state index contributed by atoms with van der Waals surface area (Å²) < 4.78 is 34.3. The Kier molecular flexibility index (Phi) is 8.17. The Balaban J connectivity index is 1.41. The zero-order valence-corrected chi connectivity index (χ0v) is 25.7. The van der Waals surface area contributed by atoms with Crippen LogP contribution in [0.2, 0.25) is 5.02 Å². The maximum Gasteiger partial charge on any atom is 0.264 e. The van der Waals surface area contributed by atoms with Crippen molar-refractivity contribution in [3.63, 3.8) is 0 Å². The van der Waals surface area contributed by atoms with Crippen molar-refractivity contribution in [2.45, 2.75) is 76.2 Å². The molecule has 2 bridgehead atoms. The van der Waals surface area contributed by atoms with E-state index in [0.29, 0.717) is 42.7 Å². The van der Waals surface area contributed by atoms with Gasteiger partial charge in [-0.15, -0.1) is 0 Å². The van der Waals surface area contributed by atoms with Gasteiger partial charge in [0, 0.05) is 42.1 Å². The van der Waals surface area contributed by atoms with Crippen LogP contribution in [-0.2, 0) is 26.7 Å². The second-order valence-corrected chi connectivity index (χ2v) is 15.0. The molecule has 2 aromatic rings. The molecule has 1 fully saturated rings. The Hall–Kier alpha value is -2.78. The molecule has 6 rings (SSSR count). The highest BCUT2D eigenvalue weighted by atomic mass is 35.5. The molecule has 0 aromatic heterocycles. The normalized spacial score (nSPS) is 29.1. The van der Waals surface area contributed by atoms with Crippen LogP contribution in [0.15, 0.2) is 36.4 Å². The van der Waals surface area contributed by atoms with Crippen molar-refractivity contribution in [2.24, 2.45) is 11.8 Å². The van der Waals surface area contributed by atoms with Crippen LogP contribution >= 0.6 is 11.6 Å². The molecule has 4 atom stereocenters. The quantitative estimate of drug-likeness (QED) is 0.470. The summed E-state index contributed by atoms with van der Waals surface area (Å²) in [6.45, 7) is 3.56. The minimum Gasteiger partial charge on any atom is -0.490 e. The van der Waals surface area contributed by atoms with Crippen LogP contribution in [0, 0.1) is 11.8 Å². The molecule has 42 heavy (non-hydrogen) atoms. The minimum atomic E-state index is -3.77. The lowest BCUT2D eigenvalue weighted by atomic mass is 9.67. The maximum atomic E-state index is 13.2. The maximum absolute atomic E-state index is 13.2. The van der Waals surface area contributed by atoms with E-state index in [1.54, 1.807) is 25.1 Å². The first-order chi connectivity index (χ1) is 20.1. The van der Waals surface area contributed by atoms with E-state index in [1.165, 1.54) is 11.1 Å². The van der Waals surface area contributed by atoms with E-state index >= 15 is 0 Å². The first-order valence-corrected chi connectivity index (χ1v) is 17.3. The molecule has 8 nitrogen and oxygen atoms in total. The average molecular weight is 614 g/mol. The molecule has 10 heteroatoms. The lowest BCUT2D eigenvalue weighted by molar-refractivity contribution is -0.120. The zero-order chi connectivity index (χ0) is 29.5. The van der Waals surface area contributed by atoms with Gasteiger partial charge in [0.1, 0.15) is 5.75 Å². The Bertz CT molecular complexity index is 1480. The number of sulfonamides is 1. The number of ether oxygens (including phenoxy) is 1. The number of rotatable bonds is 1. The van der Waals surface area contributed by atoms with Crippen LogP contribution in [0.1, 0.15) is 79.8 Å². The molecular weight excluding hydrogens is 574 g/mol. The first kappa shape index (κ1) is 29.3. The van der Waals surface area contributed by atoms with Gasteiger partial charge in [0.2, 0.25) is 15.9 Å². The van der Waals surface area contributed by atoms with E-state index < -0.39 is 15.9 Å². The molecule has 2 heterocycles. The molecule has 1 saturated carbocycles. The molecule has 0 radical (unpaired) electrons. The van der Waals surface area contributed by atoms with Crippen molar-refractivity contribution in [1.29, 1.82) is 0 Å². The van der Waals surface area contributed by atoms with Gasteiger partial charge >= 0.3 is 0 Å². The van der Waals surface area contributed by atoms with Crippen LogP contribution in [0.5, 0.6) is 5.75 Å². The molecular formula is C32H40ClN3O5S. The van der Waals surface area contributed by atoms with Crippen molar-refractivity contribution in [3.8, 4) is 5.75 Å². The number of carbonyl (C=O) groups excluding carboxylic acids is 2. The van der Waals surface area contributed by atoms with Gasteiger partial charge in [-0.2, -0.15) is 0 Å². The molecule has 2 aliphatic carbocycles. The van der Waals surface area contributed by atoms with E-state index in [9.17, 15) is 18.0 Å². The van der Waals surface area contributed by atoms with Crippen LogP contribution in [0.3, 0.4) is 0 Å². The largest absolute Gasteiger partial charge is 0.490 e. The molecule has 2 aliphatic heterocycles. The Morgan fingerprint density at radius 3 is 2.74 bits per heavy atom. The number of hydrogen-bond acceptors (Lipinski definition) is 6. The zero-order valence-electron chi connectivity index (χ0n) is 24.2. The Morgan fingerprint density at radius 1 is 1.10 bits per heavy atom. The van der Waals surface area contributed by atoms with Gasteiger partial charge in [-0.3, -0.25) is 9.59 Å². The fourth-order valence-electron chi connectivity index (χ4n) is 7.63. The highest BCUT2D eigenvalue weighted by Crippen LogP contribution is 2.47. The molecule has 226 valence electrons. The van der Waals surface area contributed by atoms with Crippen LogP contribution in [0.25, 0.3) is 0 Å². The summed E-state index contributed by atoms with van der Waals surface area (Å²) in [4.78, 5) is 27.7. The summed E-state index contributed by atoms with van der Waals surface area (Å²) in [5, 5.41) is 3.96. The van der Waals surface area contributed by atoms with E-state index in [2.05, 4.69) is 27.1 Å². The standard InChI is InChI=1S/C32H40ClN3O5S/c1-21(37)34-28-7-3-2-4-15-42(39,40)35-31(38)23-9-13-30-29(17-23)36(18-24-8-11-26(24)28)19-32(20-41-30)14-5-6-22-16-25(33)10-12-27(22)32/h9-10,12-13,16-17,24,26,28H,2-8,11,14-15,18-20H2,1H3,(H,34,37)(H,35,38)/t24-,26+,28-,32-/m0/s1. The van der Waals surface area contributed by atoms with Gasteiger partial charge in [-0.25, -0.2) is 13.1 Å². The SMILES string of the molecule is CC(=O)N[C@H]1CCCCCS(=O)(=O)NC(=O)c2ccc3c(c2)N(C[C@@H]2CC[C@H]21)C[C@@]1(CCCc2cc(Cl)ccc21)CO3. The van der Waals surface area contributed by atoms with Gasteiger partial charge in [0.15, 0.2) is 0 Å². The molecule has 2 N–H and O–H groups in total. The van der Waals surface area contributed by atoms with Crippen LogP contribution < -0.4 is 19.7 Å². The molecule has 4 aliphatic rings. The molecule has 1 spiro atoms. The number of amides is 2. The Morgan fingerprint density at radius 2 is 1.95 bits per heavy atom. The van der Waals surface area contributed by atoms with Gasteiger partial charge in [0.05, 0.1) is 18.0 Å². The highest BCUT2D eigenvalue weighted by Gasteiger charge is 2.44.